The lowest BCUT2D eigenvalue weighted by atomic mass is 9.97. The number of nitrogens with one attached hydrogen (secondary N) is 1. The van der Waals surface area contributed by atoms with Gasteiger partial charge in [0.05, 0.1) is 17.5 Å². The smallest absolute Gasteiger partial charge is 0.226 e. The predicted molar refractivity (Wildman–Crippen MR) is 90.2 cm³/mol. The molecule has 1 unspecified atom stereocenters. The van der Waals surface area contributed by atoms with Gasteiger partial charge >= 0.3 is 0 Å². The van der Waals surface area contributed by atoms with Crippen molar-refractivity contribution < 1.29 is 13.2 Å². The third kappa shape index (κ3) is 3.87. The van der Waals surface area contributed by atoms with Gasteiger partial charge < -0.3 is 10.2 Å². The van der Waals surface area contributed by atoms with Crippen molar-refractivity contribution in [1.29, 1.82) is 0 Å². The van der Waals surface area contributed by atoms with Crippen LogP contribution in [0.4, 0.5) is 0 Å². The summed E-state index contributed by atoms with van der Waals surface area (Å²) in [7, 11) is -2.95. The Balaban J connectivity index is 1.77. The molecule has 0 saturated carbocycles. The Hall–Kier alpha value is -1.11. The average molecular weight is 357 g/mol. The van der Waals surface area contributed by atoms with Crippen molar-refractivity contribution in [2.45, 2.75) is 18.9 Å². The summed E-state index contributed by atoms with van der Waals surface area (Å²) < 4.78 is 23.1. The maximum atomic E-state index is 12.9. The zero-order chi connectivity index (χ0) is 16.4. The Morgan fingerprint density at radius 1 is 1.26 bits per heavy atom. The molecule has 0 spiro atoms. The van der Waals surface area contributed by atoms with E-state index < -0.39 is 9.84 Å². The third-order valence-electron chi connectivity index (χ3n) is 4.66. The number of hydrogen-bond acceptors (Lipinski definition) is 4. The van der Waals surface area contributed by atoms with Crippen molar-refractivity contribution in [3.63, 3.8) is 0 Å². The summed E-state index contributed by atoms with van der Waals surface area (Å²) in [6.07, 6.45) is 0.876. The summed E-state index contributed by atoms with van der Waals surface area (Å²) in [6.45, 7) is 2.09. The fraction of sp³-hybridized carbons (Fsp3) is 0.562. The maximum absolute atomic E-state index is 12.9. The minimum Gasteiger partial charge on any atom is -0.333 e. The number of piperazine rings is 1. The predicted octanol–water partition coefficient (Wildman–Crippen LogP) is 1.64. The van der Waals surface area contributed by atoms with Gasteiger partial charge in [0, 0.05) is 30.6 Å². The minimum atomic E-state index is -2.95. The van der Waals surface area contributed by atoms with Gasteiger partial charge in [0.15, 0.2) is 0 Å². The molecule has 0 radical (unpaired) electrons. The summed E-state index contributed by atoms with van der Waals surface area (Å²) in [4.78, 5) is 14.8. The monoisotopic (exact) mass is 356 g/mol. The average Bonchev–Trinajstić information content (AvgIpc) is 2.54. The largest absolute Gasteiger partial charge is 0.333 e. The molecule has 2 saturated heterocycles. The highest BCUT2D eigenvalue weighted by Crippen LogP contribution is 2.29. The number of sulfone groups is 1. The molecular formula is C16H21ClN2O3S. The van der Waals surface area contributed by atoms with Gasteiger partial charge in [-0.25, -0.2) is 8.42 Å². The quantitative estimate of drug-likeness (QED) is 0.874. The molecule has 1 aromatic rings. The number of nitrogens with zero attached hydrogens (tertiary/aromatic N) is 1. The van der Waals surface area contributed by atoms with Crippen LogP contribution in [0.2, 0.25) is 5.02 Å². The molecule has 5 nitrogen and oxygen atoms in total. The van der Waals surface area contributed by atoms with Crippen molar-refractivity contribution in [3.05, 3.63) is 34.9 Å². The number of rotatable bonds is 2. The van der Waals surface area contributed by atoms with E-state index in [1.165, 1.54) is 0 Å². The van der Waals surface area contributed by atoms with Gasteiger partial charge in [0.25, 0.3) is 0 Å². The van der Waals surface area contributed by atoms with Crippen LogP contribution in [0.3, 0.4) is 0 Å². The Labute approximate surface area is 141 Å². The van der Waals surface area contributed by atoms with Crippen molar-refractivity contribution in [1.82, 2.24) is 10.2 Å². The maximum Gasteiger partial charge on any atom is 0.226 e. The highest BCUT2D eigenvalue weighted by molar-refractivity contribution is 7.91. The van der Waals surface area contributed by atoms with Gasteiger partial charge in [-0.1, -0.05) is 23.7 Å². The zero-order valence-corrected chi connectivity index (χ0v) is 14.4. The molecule has 2 aliphatic heterocycles. The van der Waals surface area contributed by atoms with Crippen molar-refractivity contribution in [2.75, 3.05) is 31.1 Å². The second-order valence-electron chi connectivity index (χ2n) is 6.23. The van der Waals surface area contributed by atoms with E-state index >= 15 is 0 Å². The van der Waals surface area contributed by atoms with Gasteiger partial charge in [-0.3, -0.25) is 4.79 Å². The molecule has 7 heteroatoms. The van der Waals surface area contributed by atoms with Crippen LogP contribution in [0.15, 0.2) is 24.3 Å². The second kappa shape index (κ2) is 6.79. The summed E-state index contributed by atoms with van der Waals surface area (Å²) >= 11 is 6.08. The van der Waals surface area contributed by atoms with Crippen molar-refractivity contribution in [3.8, 4) is 0 Å². The molecule has 1 amide bonds. The van der Waals surface area contributed by atoms with Gasteiger partial charge in [-0.15, -0.1) is 0 Å². The third-order valence-corrected chi connectivity index (χ3v) is 6.61. The van der Waals surface area contributed by atoms with Crippen LogP contribution in [0.25, 0.3) is 0 Å². The Morgan fingerprint density at radius 2 is 2.00 bits per heavy atom. The first-order chi connectivity index (χ1) is 11.0. The standard InChI is InChI=1S/C16H21ClN2O3S/c17-14-3-1-2-13(10-14)15-11-18-6-7-19(15)16(20)12-4-8-23(21,22)9-5-12/h1-3,10,12,15,18H,4-9,11H2. The van der Waals surface area contributed by atoms with E-state index in [4.69, 9.17) is 11.6 Å². The van der Waals surface area contributed by atoms with Crippen LogP contribution in [-0.2, 0) is 14.6 Å². The molecule has 3 rings (SSSR count). The van der Waals surface area contributed by atoms with E-state index in [2.05, 4.69) is 5.32 Å². The number of hydrogen-bond donors (Lipinski definition) is 1. The molecule has 0 aliphatic carbocycles. The van der Waals surface area contributed by atoms with E-state index in [0.717, 1.165) is 12.1 Å². The first kappa shape index (κ1) is 16.7. The number of halogens is 1. The Morgan fingerprint density at radius 3 is 2.70 bits per heavy atom. The molecule has 1 atom stereocenters. The molecule has 23 heavy (non-hydrogen) atoms. The molecule has 0 aromatic heterocycles. The fourth-order valence-corrected chi connectivity index (χ4v) is 5.04. The minimum absolute atomic E-state index is 0.0477. The van der Waals surface area contributed by atoms with Gasteiger partial charge in [-0.05, 0) is 30.5 Å². The molecule has 2 aliphatic rings. The van der Waals surface area contributed by atoms with Crippen molar-refractivity contribution >= 4 is 27.3 Å². The SMILES string of the molecule is O=C(C1CCS(=O)(=O)CC1)N1CCNCC1c1cccc(Cl)c1. The number of carbonyl (C=O) groups excluding carboxylic acids is 1. The molecule has 1 N–H and O–H groups in total. The lowest BCUT2D eigenvalue weighted by Gasteiger charge is -2.39. The molecule has 1 aromatic carbocycles. The normalized spacial score (nSPS) is 25.3. The van der Waals surface area contributed by atoms with Crippen LogP contribution in [0.1, 0.15) is 24.4 Å². The van der Waals surface area contributed by atoms with Gasteiger partial charge in [0.2, 0.25) is 5.91 Å². The molecule has 126 valence electrons. The van der Waals surface area contributed by atoms with Crippen LogP contribution in [-0.4, -0.2) is 50.4 Å². The zero-order valence-electron chi connectivity index (χ0n) is 12.9. The first-order valence-electron chi connectivity index (χ1n) is 7.93. The summed E-state index contributed by atoms with van der Waals surface area (Å²) in [5.74, 6) is 0.138. The number of amides is 1. The fourth-order valence-electron chi connectivity index (χ4n) is 3.35. The van der Waals surface area contributed by atoms with E-state index in [1.807, 2.05) is 29.2 Å². The lowest BCUT2D eigenvalue weighted by molar-refractivity contribution is -0.139. The first-order valence-corrected chi connectivity index (χ1v) is 10.1. The van der Waals surface area contributed by atoms with E-state index in [9.17, 15) is 13.2 Å². The van der Waals surface area contributed by atoms with Gasteiger partial charge in [-0.2, -0.15) is 0 Å². The number of benzene rings is 1. The van der Waals surface area contributed by atoms with Crippen LogP contribution in [0, 0.1) is 5.92 Å². The highest BCUT2D eigenvalue weighted by atomic mass is 35.5. The summed E-state index contributed by atoms with van der Waals surface area (Å²) in [5, 5.41) is 3.98. The molecule has 2 fully saturated rings. The van der Waals surface area contributed by atoms with E-state index in [1.54, 1.807) is 0 Å². The molecule has 0 bridgehead atoms. The number of carbonyl (C=O) groups is 1. The summed E-state index contributed by atoms with van der Waals surface area (Å²) in [6, 6.07) is 7.54. The highest BCUT2D eigenvalue weighted by Gasteiger charge is 2.35. The van der Waals surface area contributed by atoms with E-state index in [-0.39, 0.29) is 29.4 Å². The van der Waals surface area contributed by atoms with Gasteiger partial charge in [0.1, 0.15) is 9.84 Å². The second-order valence-corrected chi connectivity index (χ2v) is 8.97. The Bertz CT molecular complexity index is 678. The van der Waals surface area contributed by atoms with Crippen LogP contribution < -0.4 is 5.32 Å². The lowest BCUT2D eigenvalue weighted by Crippen LogP contribution is -2.51. The van der Waals surface area contributed by atoms with Crippen LogP contribution in [0.5, 0.6) is 0 Å². The van der Waals surface area contributed by atoms with E-state index in [0.29, 0.717) is 31.0 Å². The molecule has 2 heterocycles. The van der Waals surface area contributed by atoms with Crippen molar-refractivity contribution in [2.24, 2.45) is 5.92 Å². The Kier molecular flexibility index (Phi) is 4.94. The van der Waals surface area contributed by atoms with Crippen LogP contribution >= 0.6 is 11.6 Å². The molecular weight excluding hydrogens is 336 g/mol. The summed E-state index contributed by atoms with van der Waals surface area (Å²) in [5.41, 5.74) is 1.02. The topological polar surface area (TPSA) is 66.5 Å².